The summed E-state index contributed by atoms with van der Waals surface area (Å²) in [6.07, 6.45) is 7.34. The van der Waals surface area contributed by atoms with Crippen molar-refractivity contribution in [1.82, 2.24) is 21.3 Å². The minimum absolute atomic E-state index is 0.108. The van der Waals surface area contributed by atoms with E-state index in [1.165, 1.54) is 6.42 Å². The Labute approximate surface area is 259 Å². The van der Waals surface area contributed by atoms with Crippen molar-refractivity contribution in [3.63, 3.8) is 0 Å². The number of rotatable bonds is 18. The van der Waals surface area contributed by atoms with E-state index in [4.69, 9.17) is 10.5 Å². The van der Waals surface area contributed by atoms with Crippen LogP contribution in [0, 0.1) is 17.8 Å². The first kappa shape index (κ1) is 38.6. The van der Waals surface area contributed by atoms with Gasteiger partial charge in [0.1, 0.15) is 17.7 Å². The van der Waals surface area contributed by atoms with Crippen LogP contribution in [-0.2, 0) is 19.1 Å². The second-order valence-corrected chi connectivity index (χ2v) is 13.6. The molecule has 5 atom stereocenters. The first-order valence-corrected chi connectivity index (χ1v) is 16.4. The number of carbonyl (C=O) groups excluding carboxylic acids is 4. The van der Waals surface area contributed by atoms with Gasteiger partial charge in [-0.25, -0.2) is 4.79 Å². The number of hydrogen-bond donors (Lipinski definition) is 6. The molecular weight excluding hydrogens is 550 g/mol. The molecule has 0 unspecified atom stereocenters. The normalized spacial score (nSPS) is 17.7. The summed E-state index contributed by atoms with van der Waals surface area (Å²) in [5.41, 5.74) is 4.93. The zero-order valence-corrected chi connectivity index (χ0v) is 27.8. The Hall–Kier alpha value is -2.40. The van der Waals surface area contributed by atoms with Gasteiger partial charge in [-0.15, -0.1) is 0 Å². The summed E-state index contributed by atoms with van der Waals surface area (Å²) in [4.78, 5) is 52.0. The fourth-order valence-corrected chi connectivity index (χ4v) is 5.39. The lowest BCUT2D eigenvalue weighted by molar-refractivity contribution is -0.132. The van der Waals surface area contributed by atoms with Gasteiger partial charge in [0.05, 0.1) is 12.1 Å². The molecule has 43 heavy (non-hydrogen) atoms. The quantitative estimate of drug-likeness (QED) is 0.129. The number of amides is 4. The lowest BCUT2D eigenvalue weighted by atomic mass is 9.82. The highest BCUT2D eigenvalue weighted by Crippen LogP contribution is 2.29. The van der Waals surface area contributed by atoms with E-state index in [0.717, 1.165) is 38.5 Å². The molecule has 250 valence electrons. The van der Waals surface area contributed by atoms with Gasteiger partial charge in [0.2, 0.25) is 17.7 Å². The molecule has 0 aliphatic heterocycles. The van der Waals surface area contributed by atoms with Gasteiger partial charge in [0.15, 0.2) is 0 Å². The molecule has 0 bridgehead atoms. The molecule has 0 heterocycles. The second-order valence-electron chi connectivity index (χ2n) is 13.6. The molecule has 1 aliphatic rings. The van der Waals surface area contributed by atoms with E-state index in [1.807, 2.05) is 13.8 Å². The Morgan fingerprint density at radius 3 is 2.14 bits per heavy atom. The number of nitrogens with two attached hydrogens (primary N) is 1. The van der Waals surface area contributed by atoms with Crippen molar-refractivity contribution in [2.75, 3.05) is 13.1 Å². The van der Waals surface area contributed by atoms with Gasteiger partial charge in [0.25, 0.3) is 0 Å². The van der Waals surface area contributed by atoms with Gasteiger partial charge in [0, 0.05) is 12.5 Å². The van der Waals surface area contributed by atoms with Crippen LogP contribution in [0.5, 0.6) is 0 Å². The summed E-state index contributed by atoms with van der Waals surface area (Å²) in [6, 6.07) is -2.39. The molecule has 1 rings (SSSR count). The Morgan fingerprint density at radius 2 is 1.58 bits per heavy atom. The van der Waals surface area contributed by atoms with E-state index in [-0.39, 0.29) is 24.7 Å². The van der Waals surface area contributed by atoms with E-state index >= 15 is 0 Å². The lowest BCUT2D eigenvalue weighted by Crippen LogP contribution is -2.58. The molecule has 1 fully saturated rings. The molecular formula is C32H61N5O6. The molecule has 11 heteroatoms. The van der Waals surface area contributed by atoms with Crippen LogP contribution in [0.1, 0.15) is 119 Å². The van der Waals surface area contributed by atoms with Gasteiger partial charge in [-0.1, -0.05) is 66.2 Å². The number of hydrogen-bond acceptors (Lipinski definition) is 7. The molecule has 1 aliphatic carbocycles. The largest absolute Gasteiger partial charge is 0.444 e. The third-order valence-corrected chi connectivity index (χ3v) is 7.93. The number of nitrogens with one attached hydrogen (secondary N) is 4. The Morgan fingerprint density at radius 1 is 0.930 bits per heavy atom. The van der Waals surface area contributed by atoms with Crippen LogP contribution in [0.25, 0.3) is 0 Å². The molecule has 0 saturated heterocycles. The van der Waals surface area contributed by atoms with Crippen LogP contribution in [0.4, 0.5) is 4.79 Å². The Kier molecular flexibility index (Phi) is 17.8. The van der Waals surface area contributed by atoms with E-state index in [9.17, 15) is 24.3 Å². The maximum atomic E-state index is 13.7. The first-order valence-electron chi connectivity index (χ1n) is 16.4. The highest BCUT2D eigenvalue weighted by Gasteiger charge is 2.34. The number of carbonyl (C=O) groups is 4. The highest BCUT2D eigenvalue weighted by molar-refractivity contribution is 5.91. The molecule has 0 aromatic carbocycles. The molecule has 11 nitrogen and oxygen atoms in total. The monoisotopic (exact) mass is 611 g/mol. The summed E-state index contributed by atoms with van der Waals surface area (Å²) in [6.45, 7) is 13.6. The standard InChI is InChI=1S/C32H61N5O6/c1-8-9-18-34-28(39)22(4)19-26(38)25(20-23-14-11-10-12-15-23)35-30(41)27(21(2)3)37-29(40)24(16-13-17-33)36-31(42)43-32(5,6)7/h21-27,38H,8-20,33H2,1-7H3,(H,34,39)(H,35,41)(H,36,42)(H,37,40)/t22-,24+,25+,26+,27+/m1/s1. The van der Waals surface area contributed by atoms with Crippen LogP contribution < -0.4 is 27.0 Å². The summed E-state index contributed by atoms with van der Waals surface area (Å²) in [5.74, 6) is -1.33. The van der Waals surface area contributed by atoms with Crippen molar-refractivity contribution in [2.24, 2.45) is 23.5 Å². The van der Waals surface area contributed by atoms with Crippen molar-refractivity contribution in [2.45, 2.75) is 149 Å². The minimum Gasteiger partial charge on any atom is -0.444 e. The van der Waals surface area contributed by atoms with Crippen LogP contribution >= 0.6 is 0 Å². The molecule has 0 radical (unpaired) electrons. The van der Waals surface area contributed by atoms with Gasteiger partial charge in [-0.05, 0) is 71.3 Å². The summed E-state index contributed by atoms with van der Waals surface area (Å²) in [5, 5.41) is 22.7. The molecule has 0 spiro atoms. The predicted molar refractivity (Wildman–Crippen MR) is 169 cm³/mol. The molecule has 4 amide bonds. The minimum atomic E-state index is -0.928. The number of ether oxygens (including phenoxy) is 1. The molecule has 1 saturated carbocycles. The van der Waals surface area contributed by atoms with Crippen molar-refractivity contribution in [3.8, 4) is 0 Å². The van der Waals surface area contributed by atoms with Crippen LogP contribution in [0.15, 0.2) is 0 Å². The fraction of sp³-hybridized carbons (Fsp3) is 0.875. The number of aliphatic hydroxyl groups is 1. The Bertz CT molecular complexity index is 856. The number of alkyl carbamates (subject to hydrolysis) is 1. The zero-order valence-electron chi connectivity index (χ0n) is 27.8. The predicted octanol–water partition coefficient (Wildman–Crippen LogP) is 3.52. The maximum Gasteiger partial charge on any atom is 0.408 e. The summed E-state index contributed by atoms with van der Waals surface area (Å²) < 4.78 is 5.33. The average Bonchev–Trinajstić information content (AvgIpc) is 2.92. The van der Waals surface area contributed by atoms with Gasteiger partial charge in [-0.2, -0.15) is 0 Å². The van der Waals surface area contributed by atoms with E-state index in [2.05, 4.69) is 28.2 Å². The molecule has 0 aromatic heterocycles. The molecule has 0 aromatic rings. The third-order valence-electron chi connectivity index (χ3n) is 7.93. The van der Waals surface area contributed by atoms with Crippen LogP contribution in [-0.4, -0.2) is 71.8 Å². The maximum absolute atomic E-state index is 13.7. The van der Waals surface area contributed by atoms with Crippen molar-refractivity contribution in [1.29, 1.82) is 0 Å². The van der Waals surface area contributed by atoms with Crippen molar-refractivity contribution in [3.05, 3.63) is 0 Å². The second kappa shape index (κ2) is 19.8. The SMILES string of the molecule is CCCCNC(=O)[C@H](C)C[C@H](O)[C@H](CC1CCCCC1)NC(=O)[C@@H](NC(=O)[C@H](CCCN)NC(=O)OC(C)(C)C)C(C)C. The lowest BCUT2D eigenvalue weighted by Gasteiger charge is -2.33. The topological polar surface area (TPSA) is 172 Å². The first-order chi connectivity index (χ1) is 20.2. The van der Waals surface area contributed by atoms with Gasteiger partial charge in [-0.3, -0.25) is 14.4 Å². The Balaban J connectivity index is 3.03. The zero-order chi connectivity index (χ0) is 32.6. The van der Waals surface area contributed by atoms with Crippen LogP contribution in [0.2, 0.25) is 0 Å². The average molecular weight is 612 g/mol. The van der Waals surface area contributed by atoms with E-state index in [0.29, 0.717) is 31.8 Å². The summed E-state index contributed by atoms with van der Waals surface area (Å²) >= 11 is 0. The van der Waals surface area contributed by atoms with Crippen molar-refractivity contribution >= 4 is 23.8 Å². The number of unbranched alkanes of at least 4 members (excludes halogenated alkanes) is 1. The van der Waals surface area contributed by atoms with Crippen LogP contribution in [0.3, 0.4) is 0 Å². The van der Waals surface area contributed by atoms with E-state index in [1.54, 1.807) is 27.7 Å². The fourth-order valence-electron chi connectivity index (χ4n) is 5.39. The van der Waals surface area contributed by atoms with Crippen molar-refractivity contribution < 1.29 is 29.0 Å². The van der Waals surface area contributed by atoms with Gasteiger partial charge < -0.3 is 36.8 Å². The smallest absolute Gasteiger partial charge is 0.408 e. The third kappa shape index (κ3) is 15.8. The van der Waals surface area contributed by atoms with E-state index < -0.39 is 53.7 Å². The number of aliphatic hydroxyl groups excluding tert-OH is 1. The highest BCUT2D eigenvalue weighted by atomic mass is 16.6. The summed E-state index contributed by atoms with van der Waals surface area (Å²) in [7, 11) is 0. The van der Waals surface area contributed by atoms with Gasteiger partial charge >= 0.3 is 6.09 Å². The molecule has 7 N–H and O–H groups in total.